The lowest BCUT2D eigenvalue weighted by atomic mass is 10.1. The molecule has 122 valence electrons. The molecule has 1 aromatic heterocycles. The molecule has 1 fully saturated rings. The van der Waals surface area contributed by atoms with E-state index in [1.54, 1.807) is 11.1 Å². The molecule has 1 aliphatic heterocycles. The van der Waals surface area contributed by atoms with Gasteiger partial charge in [0.05, 0.1) is 17.0 Å². The van der Waals surface area contributed by atoms with E-state index < -0.39 is 0 Å². The van der Waals surface area contributed by atoms with E-state index in [1.807, 2.05) is 66.7 Å². The van der Waals surface area contributed by atoms with Gasteiger partial charge in [-0.25, -0.2) is 0 Å². The molecule has 0 unspecified atom stereocenters. The molecule has 0 N–H and O–H groups in total. The van der Waals surface area contributed by atoms with Crippen LogP contribution in [0.5, 0.6) is 0 Å². The molecule has 3 aromatic rings. The van der Waals surface area contributed by atoms with Gasteiger partial charge in [0.1, 0.15) is 4.32 Å². The molecular weight excluding hydrogens is 348 g/mol. The Hall–Kier alpha value is -2.50. The number of nitrogens with zero attached hydrogens (tertiary/aromatic N) is 2. The van der Waals surface area contributed by atoms with E-state index in [0.29, 0.717) is 15.8 Å². The fraction of sp³-hybridized carbons (Fsp3) is 0.0500. The Morgan fingerprint density at radius 2 is 1.80 bits per heavy atom. The maximum absolute atomic E-state index is 12.8. The molecule has 0 spiro atoms. The van der Waals surface area contributed by atoms with Crippen molar-refractivity contribution in [2.24, 2.45) is 0 Å². The van der Waals surface area contributed by atoms with Crippen molar-refractivity contribution in [1.29, 1.82) is 0 Å². The number of amides is 1. The number of para-hydroxylation sites is 1. The zero-order chi connectivity index (χ0) is 17.2. The molecule has 0 bridgehead atoms. The minimum Gasteiger partial charge on any atom is -0.288 e. The van der Waals surface area contributed by atoms with Crippen LogP contribution in [0.15, 0.2) is 71.8 Å². The first-order chi connectivity index (χ1) is 12.2. The van der Waals surface area contributed by atoms with Crippen LogP contribution in [-0.4, -0.2) is 20.1 Å². The zero-order valence-corrected chi connectivity index (χ0v) is 14.9. The van der Waals surface area contributed by atoms with Crippen LogP contribution in [0, 0.1) is 0 Å². The summed E-state index contributed by atoms with van der Waals surface area (Å²) in [5.74, 6) is -0.0419. The highest BCUT2D eigenvalue weighted by Crippen LogP contribution is 2.34. The van der Waals surface area contributed by atoms with Crippen molar-refractivity contribution < 1.29 is 4.79 Å². The predicted octanol–water partition coefficient (Wildman–Crippen LogP) is 4.64. The first kappa shape index (κ1) is 16.0. The number of fused-ring (bicyclic) bond motifs is 1. The summed E-state index contributed by atoms with van der Waals surface area (Å²) in [6.07, 6.45) is 3.67. The van der Waals surface area contributed by atoms with Crippen LogP contribution >= 0.6 is 24.0 Å². The zero-order valence-electron chi connectivity index (χ0n) is 13.3. The number of carbonyl (C=O) groups is 1. The van der Waals surface area contributed by atoms with Crippen molar-refractivity contribution in [3.8, 4) is 0 Å². The van der Waals surface area contributed by atoms with Crippen LogP contribution in [0.2, 0.25) is 0 Å². The van der Waals surface area contributed by atoms with E-state index in [2.05, 4.69) is 4.98 Å². The Kier molecular flexibility index (Phi) is 4.34. The first-order valence-corrected chi connectivity index (χ1v) is 9.08. The maximum atomic E-state index is 12.8. The molecule has 2 aromatic carbocycles. The molecule has 1 aliphatic rings. The summed E-state index contributed by atoms with van der Waals surface area (Å²) in [4.78, 5) is 19.5. The molecule has 25 heavy (non-hydrogen) atoms. The predicted molar refractivity (Wildman–Crippen MR) is 107 cm³/mol. The van der Waals surface area contributed by atoms with Crippen LogP contribution in [0.25, 0.3) is 17.0 Å². The van der Waals surface area contributed by atoms with E-state index in [4.69, 9.17) is 12.2 Å². The van der Waals surface area contributed by atoms with Gasteiger partial charge >= 0.3 is 0 Å². The fourth-order valence-corrected chi connectivity index (χ4v) is 4.03. The molecule has 2 heterocycles. The highest BCUT2D eigenvalue weighted by Gasteiger charge is 2.32. The maximum Gasteiger partial charge on any atom is 0.266 e. The summed E-state index contributed by atoms with van der Waals surface area (Å²) in [6, 6.07) is 19.7. The van der Waals surface area contributed by atoms with Crippen molar-refractivity contribution in [1.82, 2.24) is 9.88 Å². The molecule has 0 saturated carbocycles. The van der Waals surface area contributed by atoms with Gasteiger partial charge in [-0.15, -0.1) is 0 Å². The number of hydrogen-bond donors (Lipinski definition) is 0. The monoisotopic (exact) mass is 362 g/mol. The Morgan fingerprint density at radius 1 is 1.04 bits per heavy atom. The van der Waals surface area contributed by atoms with Crippen molar-refractivity contribution in [3.63, 3.8) is 0 Å². The van der Waals surface area contributed by atoms with E-state index in [-0.39, 0.29) is 5.91 Å². The van der Waals surface area contributed by atoms with Gasteiger partial charge < -0.3 is 0 Å². The summed E-state index contributed by atoms with van der Waals surface area (Å²) < 4.78 is 0.596. The lowest BCUT2D eigenvalue weighted by Crippen LogP contribution is -2.27. The van der Waals surface area contributed by atoms with E-state index in [1.165, 1.54) is 11.8 Å². The van der Waals surface area contributed by atoms with Crippen molar-refractivity contribution in [2.45, 2.75) is 6.54 Å². The molecule has 0 atom stereocenters. The minimum absolute atomic E-state index is 0.0419. The van der Waals surface area contributed by atoms with Gasteiger partial charge in [-0.2, -0.15) is 0 Å². The number of benzene rings is 2. The average molecular weight is 362 g/mol. The number of aromatic nitrogens is 1. The Labute approximate surface area is 155 Å². The van der Waals surface area contributed by atoms with Gasteiger partial charge in [-0.1, -0.05) is 72.5 Å². The first-order valence-electron chi connectivity index (χ1n) is 7.85. The number of pyridine rings is 1. The smallest absolute Gasteiger partial charge is 0.266 e. The average Bonchev–Trinajstić information content (AvgIpc) is 2.90. The summed E-state index contributed by atoms with van der Waals surface area (Å²) in [6.45, 7) is 0.500. The van der Waals surface area contributed by atoms with Crippen LogP contribution in [0.3, 0.4) is 0 Å². The van der Waals surface area contributed by atoms with Crippen LogP contribution in [-0.2, 0) is 11.3 Å². The molecule has 0 radical (unpaired) electrons. The highest BCUT2D eigenvalue weighted by atomic mass is 32.2. The lowest BCUT2D eigenvalue weighted by Gasteiger charge is -2.14. The summed E-state index contributed by atoms with van der Waals surface area (Å²) in [5.41, 5.74) is 2.95. The molecule has 0 aliphatic carbocycles. The Balaban J connectivity index is 1.66. The van der Waals surface area contributed by atoms with Crippen LogP contribution < -0.4 is 0 Å². The SMILES string of the molecule is O=C1/C(=C/c2ccnc3ccccc23)SC(=S)N1Cc1ccccc1. The molecular formula is C20H14N2OS2. The topological polar surface area (TPSA) is 33.2 Å². The Bertz CT molecular complexity index is 994. The van der Waals surface area contributed by atoms with Crippen molar-refractivity contribution in [3.05, 3.63) is 82.9 Å². The fourth-order valence-electron chi connectivity index (χ4n) is 2.79. The number of rotatable bonds is 3. The molecule has 4 rings (SSSR count). The van der Waals surface area contributed by atoms with Crippen LogP contribution in [0.1, 0.15) is 11.1 Å². The normalized spacial score (nSPS) is 16.2. The second kappa shape index (κ2) is 6.78. The quantitative estimate of drug-likeness (QED) is 0.502. The summed E-state index contributed by atoms with van der Waals surface area (Å²) >= 11 is 6.77. The standard InChI is InChI=1S/C20H14N2OS2/c23-19-18(12-15-10-11-21-17-9-5-4-8-16(15)17)25-20(24)22(19)13-14-6-2-1-3-7-14/h1-12H,13H2/b18-12-. The number of carbonyl (C=O) groups excluding carboxylic acids is 1. The largest absolute Gasteiger partial charge is 0.288 e. The number of thiocarbonyl (C=S) groups is 1. The van der Waals surface area contributed by atoms with Gasteiger partial charge in [0, 0.05) is 11.6 Å². The molecule has 3 nitrogen and oxygen atoms in total. The van der Waals surface area contributed by atoms with Crippen LogP contribution in [0.4, 0.5) is 0 Å². The third-order valence-electron chi connectivity index (χ3n) is 4.03. The van der Waals surface area contributed by atoms with E-state index in [9.17, 15) is 4.79 Å². The Morgan fingerprint density at radius 3 is 2.64 bits per heavy atom. The van der Waals surface area contributed by atoms with Gasteiger partial charge in [0.25, 0.3) is 5.91 Å². The second-order valence-electron chi connectivity index (χ2n) is 5.67. The van der Waals surface area contributed by atoms with Crippen molar-refractivity contribution in [2.75, 3.05) is 0 Å². The number of thioether (sulfide) groups is 1. The minimum atomic E-state index is -0.0419. The van der Waals surface area contributed by atoms with E-state index >= 15 is 0 Å². The third kappa shape index (κ3) is 3.21. The van der Waals surface area contributed by atoms with E-state index in [0.717, 1.165) is 22.0 Å². The van der Waals surface area contributed by atoms with Gasteiger partial charge in [-0.05, 0) is 29.3 Å². The molecule has 1 amide bonds. The van der Waals surface area contributed by atoms with Crippen molar-refractivity contribution >= 4 is 51.2 Å². The summed E-state index contributed by atoms with van der Waals surface area (Å²) in [5, 5.41) is 1.03. The number of hydrogen-bond acceptors (Lipinski definition) is 4. The van der Waals surface area contributed by atoms with Gasteiger partial charge in [-0.3, -0.25) is 14.7 Å². The summed E-state index contributed by atoms with van der Waals surface area (Å²) in [7, 11) is 0. The third-order valence-corrected chi connectivity index (χ3v) is 5.40. The second-order valence-corrected chi connectivity index (χ2v) is 7.35. The highest BCUT2D eigenvalue weighted by molar-refractivity contribution is 8.26. The van der Waals surface area contributed by atoms with Gasteiger partial charge in [0.15, 0.2) is 0 Å². The lowest BCUT2D eigenvalue weighted by molar-refractivity contribution is -0.122. The molecule has 1 saturated heterocycles. The van der Waals surface area contributed by atoms with Gasteiger partial charge in [0.2, 0.25) is 0 Å². The molecule has 5 heteroatoms.